The van der Waals surface area contributed by atoms with E-state index >= 15 is 0 Å². The summed E-state index contributed by atoms with van der Waals surface area (Å²) in [7, 11) is 12.0. The monoisotopic (exact) mass is 317 g/mol. The van der Waals surface area contributed by atoms with Crippen molar-refractivity contribution >= 4 is 7.87 Å². The Kier molecular flexibility index (Phi) is 5.99. The highest BCUT2D eigenvalue weighted by Crippen LogP contribution is 2.67. The topological polar surface area (TPSA) is 19.4 Å². The Labute approximate surface area is 131 Å². The quantitative estimate of drug-likeness (QED) is 0.689. The highest BCUT2D eigenvalue weighted by Gasteiger charge is 2.57. The maximum atomic E-state index is 2.76. The molecule has 0 spiro atoms. The molecule has 2 rings (SSSR count). The Balaban J connectivity index is 2.25. The van der Waals surface area contributed by atoms with Gasteiger partial charge in [0, 0.05) is 54.4 Å². The predicted molar refractivity (Wildman–Crippen MR) is 92.4 cm³/mol. The highest BCUT2D eigenvalue weighted by atomic mass is 31.2. The standard InChI is InChI=1S/C14H34N6P/c1-15(2)21(16(3)4,19-11-7-17(5)8-12-19)20-13-9-18(6)10-14-20/h7-14H2,1-6H3/q+1. The molecule has 0 aromatic heterocycles. The number of likely N-dealkylation sites (N-methyl/N-ethyl adjacent to an activating group) is 2. The van der Waals surface area contributed by atoms with Crippen LogP contribution in [0.1, 0.15) is 0 Å². The van der Waals surface area contributed by atoms with Crippen LogP contribution in [0.3, 0.4) is 0 Å². The molecule has 0 aliphatic carbocycles. The van der Waals surface area contributed by atoms with Crippen LogP contribution in [0, 0.1) is 0 Å². The van der Waals surface area contributed by atoms with Crippen LogP contribution in [0.4, 0.5) is 0 Å². The Bertz CT molecular complexity index is 289. The fraction of sp³-hybridized carbons (Fsp3) is 1.00. The van der Waals surface area contributed by atoms with E-state index in [9.17, 15) is 0 Å². The molecule has 2 aliphatic heterocycles. The molecule has 0 atom stereocenters. The summed E-state index contributed by atoms with van der Waals surface area (Å²) in [6.45, 7) is 9.41. The van der Waals surface area contributed by atoms with E-state index < -0.39 is 7.87 Å². The zero-order valence-corrected chi connectivity index (χ0v) is 15.7. The minimum atomic E-state index is -1.56. The van der Waals surface area contributed by atoms with E-state index in [1.807, 2.05) is 0 Å². The largest absolute Gasteiger partial charge is 0.307 e. The zero-order chi connectivity index (χ0) is 15.6. The molecule has 2 aliphatic rings. The van der Waals surface area contributed by atoms with Crippen LogP contribution in [-0.4, -0.2) is 123 Å². The van der Waals surface area contributed by atoms with Gasteiger partial charge in [-0.05, 0) is 14.1 Å². The number of rotatable bonds is 4. The summed E-state index contributed by atoms with van der Waals surface area (Å²) in [5.41, 5.74) is 0. The average molecular weight is 317 g/mol. The number of hydrogen-bond acceptors (Lipinski definition) is 6. The molecule has 2 saturated heterocycles. The van der Waals surface area contributed by atoms with Gasteiger partial charge in [-0.2, -0.15) is 0 Å². The van der Waals surface area contributed by atoms with Crippen molar-refractivity contribution in [3.8, 4) is 0 Å². The van der Waals surface area contributed by atoms with Gasteiger partial charge in [0.25, 0.3) is 0 Å². The van der Waals surface area contributed by atoms with Crippen molar-refractivity contribution in [3.05, 3.63) is 0 Å². The summed E-state index contributed by atoms with van der Waals surface area (Å²) in [6, 6.07) is 0. The van der Waals surface area contributed by atoms with Crippen LogP contribution in [0.15, 0.2) is 0 Å². The molecule has 0 radical (unpaired) electrons. The molecular weight excluding hydrogens is 283 g/mol. The lowest BCUT2D eigenvalue weighted by Gasteiger charge is -2.50. The first-order chi connectivity index (χ1) is 9.88. The molecule has 0 aromatic carbocycles. The molecule has 21 heavy (non-hydrogen) atoms. The first-order valence-corrected chi connectivity index (χ1v) is 9.61. The molecule has 2 heterocycles. The Hall–Kier alpha value is 0.190. The minimum absolute atomic E-state index is 1.17. The lowest BCUT2D eigenvalue weighted by molar-refractivity contribution is 0.166. The molecule has 0 bridgehead atoms. The lowest BCUT2D eigenvalue weighted by atomic mass is 10.4. The summed E-state index contributed by atoms with van der Waals surface area (Å²) in [5, 5.41) is 0. The number of hydrogen-bond donors (Lipinski definition) is 0. The first kappa shape index (κ1) is 17.5. The third-order valence-corrected chi connectivity index (χ3v) is 9.26. The van der Waals surface area contributed by atoms with E-state index in [0.29, 0.717) is 0 Å². The Morgan fingerprint density at radius 2 is 0.857 bits per heavy atom. The fourth-order valence-corrected chi connectivity index (χ4v) is 8.21. The SMILES string of the molecule is CN1CCN([P+](N(C)C)(N(C)C)N2CCN(C)CC2)CC1. The highest BCUT2D eigenvalue weighted by molar-refractivity contribution is 7.66. The maximum absolute atomic E-state index is 2.76. The van der Waals surface area contributed by atoms with Crippen molar-refractivity contribution in [2.24, 2.45) is 0 Å². The van der Waals surface area contributed by atoms with E-state index in [1.165, 1.54) is 52.4 Å². The van der Waals surface area contributed by atoms with E-state index in [0.717, 1.165) is 0 Å². The normalized spacial score (nSPS) is 25.1. The molecule has 0 N–H and O–H groups in total. The van der Waals surface area contributed by atoms with Gasteiger partial charge in [0.2, 0.25) is 0 Å². The van der Waals surface area contributed by atoms with Crippen LogP contribution in [-0.2, 0) is 0 Å². The maximum Gasteiger partial charge on any atom is 0.307 e. The third-order valence-electron chi connectivity index (χ3n) is 4.79. The van der Waals surface area contributed by atoms with Crippen LogP contribution >= 0.6 is 7.87 Å². The van der Waals surface area contributed by atoms with E-state index in [2.05, 4.69) is 70.8 Å². The summed E-state index contributed by atoms with van der Waals surface area (Å²) in [6.07, 6.45) is 0. The number of piperazine rings is 2. The van der Waals surface area contributed by atoms with E-state index in [1.54, 1.807) is 0 Å². The average Bonchev–Trinajstić information content (AvgIpc) is 2.43. The molecule has 124 valence electrons. The van der Waals surface area contributed by atoms with Crippen molar-refractivity contribution in [2.75, 3.05) is 94.6 Å². The zero-order valence-electron chi connectivity index (χ0n) is 14.8. The van der Waals surface area contributed by atoms with Crippen LogP contribution < -0.4 is 0 Å². The second-order valence-electron chi connectivity index (χ2n) is 6.74. The van der Waals surface area contributed by atoms with Crippen molar-refractivity contribution in [3.63, 3.8) is 0 Å². The second-order valence-corrected chi connectivity index (χ2v) is 10.5. The summed E-state index contributed by atoms with van der Waals surface area (Å²) in [5.74, 6) is 0. The molecular formula is C14H34N6P+. The second kappa shape index (κ2) is 7.18. The third kappa shape index (κ3) is 3.42. The summed E-state index contributed by atoms with van der Waals surface area (Å²) < 4.78 is 10.5. The lowest BCUT2D eigenvalue weighted by Crippen LogP contribution is -2.57. The van der Waals surface area contributed by atoms with Gasteiger partial charge in [-0.3, -0.25) is 0 Å². The van der Waals surface area contributed by atoms with E-state index in [4.69, 9.17) is 0 Å². The predicted octanol–water partition coefficient (Wildman–Crippen LogP) is 0.282. The molecule has 0 unspecified atom stereocenters. The van der Waals surface area contributed by atoms with Crippen LogP contribution in [0.2, 0.25) is 0 Å². The van der Waals surface area contributed by atoms with Crippen molar-refractivity contribution in [2.45, 2.75) is 0 Å². The van der Waals surface area contributed by atoms with Gasteiger partial charge in [-0.15, -0.1) is 18.7 Å². The molecule has 7 heteroatoms. The Morgan fingerprint density at radius 1 is 0.571 bits per heavy atom. The van der Waals surface area contributed by atoms with Gasteiger partial charge in [-0.1, -0.05) is 0 Å². The summed E-state index contributed by atoms with van der Waals surface area (Å²) >= 11 is 0. The van der Waals surface area contributed by atoms with Gasteiger partial charge in [0.1, 0.15) is 0 Å². The molecule has 0 aromatic rings. The van der Waals surface area contributed by atoms with Crippen molar-refractivity contribution < 1.29 is 0 Å². The van der Waals surface area contributed by atoms with Crippen molar-refractivity contribution in [1.29, 1.82) is 0 Å². The van der Waals surface area contributed by atoms with E-state index in [-0.39, 0.29) is 0 Å². The molecule has 0 amide bonds. The van der Waals surface area contributed by atoms with Crippen LogP contribution in [0.5, 0.6) is 0 Å². The Morgan fingerprint density at radius 3 is 1.10 bits per heavy atom. The number of nitrogens with zero attached hydrogens (tertiary/aromatic N) is 6. The van der Waals surface area contributed by atoms with Gasteiger partial charge >= 0.3 is 7.87 Å². The van der Waals surface area contributed by atoms with Gasteiger partial charge < -0.3 is 9.80 Å². The van der Waals surface area contributed by atoms with Gasteiger partial charge in [0.05, 0.1) is 26.2 Å². The minimum Gasteiger partial charge on any atom is -0.304 e. The molecule has 0 saturated carbocycles. The molecule has 2 fully saturated rings. The van der Waals surface area contributed by atoms with Gasteiger partial charge in [-0.25, -0.2) is 0 Å². The fourth-order valence-electron chi connectivity index (χ4n) is 3.68. The van der Waals surface area contributed by atoms with Gasteiger partial charge in [0.15, 0.2) is 0 Å². The first-order valence-electron chi connectivity index (χ1n) is 8.01. The smallest absolute Gasteiger partial charge is 0.304 e. The summed E-state index contributed by atoms with van der Waals surface area (Å²) in [4.78, 5) is 4.89. The van der Waals surface area contributed by atoms with Crippen molar-refractivity contribution in [1.82, 2.24) is 28.5 Å². The molecule has 6 nitrogen and oxygen atoms in total. The van der Waals surface area contributed by atoms with Crippen LogP contribution in [0.25, 0.3) is 0 Å².